The Bertz CT molecular complexity index is 249. The molecule has 2 saturated heterocycles. The molecular weight excluding hydrogens is 218 g/mol. The topological polar surface area (TPSA) is 41.9 Å². The Morgan fingerprint density at radius 2 is 2.24 bits per heavy atom. The molecule has 3 unspecified atom stereocenters. The smallest absolute Gasteiger partial charge is 0.181 e. The minimum absolute atomic E-state index is 0.0608. The molecular formula is C13H25NO3. The Morgan fingerprint density at radius 3 is 2.94 bits per heavy atom. The SMILES string of the molecule is CCN1CCCCC1C1(C)OCC(CCO)O1. The molecule has 2 rings (SSSR count). The molecule has 100 valence electrons. The van der Waals surface area contributed by atoms with Crippen LogP contribution >= 0.6 is 0 Å². The second-order valence-corrected chi connectivity index (χ2v) is 5.22. The zero-order chi connectivity index (χ0) is 12.3. The van der Waals surface area contributed by atoms with Crippen LogP contribution in [0, 0.1) is 0 Å². The van der Waals surface area contributed by atoms with Gasteiger partial charge in [0.05, 0.1) is 18.8 Å². The van der Waals surface area contributed by atoms with Gasteiger partial charge in [-0.15, -0.1) is 0 Å². The van der Waals surface area contributed by atoms with E-state index in [1.807, 2.05) is 0 Å². The second kappa shape index (κ2) is 5.65. The molecule has 0 aromatic heterocycles. The van der Waals surface area contributed by atoms with Crippen molar-refractivity contribution in [2.24, 2.45) is 0 Å². The maximum Gasteiger partial charge on any atom is 0.181 e. The molecule has 2 heterocycles. The highest BCUT2D eigenvalue weighted by atomic mass is 16.7. The molecule has 2 fully saturated rings. The highest BCUT2D eigenvalue weighted by Crippen LogP contribution is 2.35. The fourth-order valence-corrected chi connectivity index (χ4v) is 3.08. The van der Waals surface area contributed by atoms with Gasteiger partial charge in [0.15, 0.2) is 5.79 Å². The van der Waals surface area contributed by atoms with Gasteiger partial charge in [0.25, 0.3) is 0 Å². The summed E-state index contributed by atoms with van der Waals surface area (Å²) in [6, 6.07) is 0.366. The van der Waals surface area contributed by atoms with Gasteiger partial charge >= 0.3 is 0 Å². The Kier molecular flexibility index (Phi) is 4.42. The predicted octanol–water partition coefficient (Wildman–Crippen LogP) is 1.37. The molecule has 0 aromatic rings. The van der Waals surface area contributed by atoms with Gasteiger partial charge in [-0.05, 0) is 39.3 Å². The third-order valence-electron chi connectivity index (χ3n) is 4.03. The largest absolute Gasteiger partial charge is 0.396 e. The van der Waals surface area contributed by atoms with Crippen LogP contribution in [-0.4, -0.2) is 54.2 Å². The summed E-state index contributed by atoms with van der Waals surface area (Å²) in [7, 11) is 0. The first-order valence-electron chi connectivity index (χ1n) is 6.86. The van der Waals surface area contributed by atoms with Crippen LogP contribution in [-0.2, 0) is 9.47 Å². The third kappa shape index (κ3) is 2.81. The molecule has 2 aliphatic heterocycles. The van der Waals surface area contributed by atoms with E-state index in [0.29, 0.717) is 19.1 Å². The Labute approximate surface area is 104 Å². The van der Waals surface area contributed by atoms with Gasteiger partial charge in [-0.2, -0.15) is 0 Å². The molecule has 0 saturated carbocycles. The third-order valence-corrected chi connectivity index (χ3v) is 4.03. The first kappa shape index (κ1) is 13.3. The number of ether oxygens (including phenoxy) is 2. The van der Waals surface area contributed by atoms with E-state index in [9.17, 15) is 0 Å². The lowest BCUT2D eigenvalue weighted by Gasteiger charge is -2.43. The van der Waals surface area contributed by atoms with Crippen LogP contribution in [0.5, 0.6) is 0 Å². The summed E-state index contributed by atoms with van der Waals surface area (Å²) < 4.78 is 11.9. The first-order valence-corrected chi connectivity index (χ1v) is 6.86. The fourth-order valence-electron chi connectivity index (χ4n) is 3.08. The monoisotopic (exact) mass is 243 g/mol. The Morgan fingerprint density at radius 1 is 1.41 bits per heavy atom. The van der Waals surface area contributed by atoms with Crippen LogP contribution < -0.4 is 0 Å². The van der Waals surface area contributed by atoms with E-state index in [1.165, 1.54) is 12.8 Å². The summed E-state index contributed by atoms with van der Waals surface area (Å²) in [5.74, 6) is -0.476. The summed E-state index contributed by atoms with van der Waals surface area (Å²) in [6.07, 6.45) is 4.42. The van der Waals surface area contributed by atoms with Gasteiger partial charge in [-0.3, -0.25) is 4.90 Å². The number of likely N-dealkylation sites (N-methyl/N-ethyl adjacent to an activating group) is 1. The highest BCUT2D eigenvalue weighted by molar-refractivity contribution is 4.90. The second-order valence-electron chi connectivity index (χ2n) is 5.22. The predicted molar refractivity (Wildman–Crippen MR) is 65.8 cm³/mol. The van der Waals surface area contributed by atoms with E-state index >= 15 is 0 Å². The van der Waals surface area contributed by atoms with Crippen LogP contribution in [0.15, 0.2) is 0 Å². The van der Waals surface area contributed by atoms with Gasteiger partial charge in [0.1, 0.15) is 0 Å². The van der Waals surface area contributed by atoms with E-state index in [0.717, 1.165) is 19.5 Å². The summed E-state index contributed by atoms with van der Waals surface area (Å²) in [5.41, 5.74) is 0. The average Bonchev–Trinajstić information content (AvgIpc) is 2.73. The van der Waals surface area contributed by atoms with Crippen molar-refractivity contribution in [2.45, 2.75) is 57.5 Å². The van der Waals surface area contributed by atoms with E-state index < -0.39 is 5.79 Å². The van der Waals surface area contributed by atoms with E-state index in [2.05, 4.69) is 18.7 Å². The number of aliphatic hydroxyl groups excluding tert-OH is 1. The number of aliphatic hydroxyl groups is 1. The number of nitrogens with zero attached hydrogens (tertiary/aromatic N) is 1. The van der Waals surface area contributed by atoms with Crippen LogP contribution in [0.1, 0.15) is 39.5 Å². The minimum atomic E-state index is -0.476. The lowest BCUT2D eigenvalue weighted by atomic mass is 9.95. The molecule has 0 radical (unpaired) electrons. The van der Waals surface area contributed by atoms with Crippen molar-refractivity contribution in [3.63, 3.8) is 0 Å². The first-order chi connectivity index (χ1) is 8.19. The molecule has 4 nitrogen and oxygen atoms in total. The molecule has 0 aromatic carbocycles. The number of rotatable bonds is 4. The van der Waals surface area contributed by atoms with Gasteiger partial charge < -0.3 is 14.6 Å². The standard InChI is InChI=1S/C13H25NO3/c1-3-14-8-5-4-6-12(14)13(2)16-10-11(17-13)7-9-15/h11-12,15H,3-10H2,1-2H3. The molecule has 0 spiro atoms. The molecule has 1 N–H and O–H groups in total. The van der Waals surface area contributed by atoms with Gasteiger partial charge in [-0.1, -0.05) is 13.3 Å². The quantitative estimate of drug-likeness (QED) is 0.810. The number of hydrogen-bond acceptors (Lipinski definition) is 4. The van der Waals surface area contributed by atoms with E-state index in [4.69, 9.17) is 14.6 Å². The molecule has 4 heteroatoms. The highest BCUT2D eigenvalue weighted by Gasteiger charge is 2.46. The van der Waals surface area contributed by atoms with Crippen molar-refractivity contribution >= 4 is 0 Å². The zero-order valence-corrected chi connectivity index (χ0v) is 11.0. The lowest BCUT2D eigenvalue weighted by Crippen LogP contribution is -2.54. The normalized spacial score (nSPS) is 39.7. The van der Waals surface area contributed by atoms with E-state index in [-0.39, 0.29) is 12.7 Å². The Hall–Kier alpha value is -0.160. The van der Waals surface area contributed by atoms with Crippen LogP contribution in [0.3, 0.4) is 0 Å². The number of piperidine rings is 1. The maximum atomic E-state index is 8.96. The Balaban J connectivity index is 1.99. The molecule has 0 amide bonds. The van der Waals surface area contributed by atoms with Crippen LogP contribution in [0.2, 0.25) is 0 Å². The van der Waals surface area contributed by atoms with Gasteiger partial charge in [0, 0.05) is 6.61 Å². The molecule has 17 heavy (non-hydrogen) atoms. The summed E-state index contributed by atoms with van der Waals surface area (Å²) in [6.45, 7) is 7.24. The van der Waals surface area contributed by atoms with Gasteiger partial charge in [0.2, 0.25) is 0 Å². The molecule has 0 aliphatic carbocycles. The van der Waals surface area contributed by atoms with Crippen molar-refractivity contribution in [1.82, 2.24) is 4.90 Å². The summed E-state index contributed by atoms with van der Waals surface area (Å²) in [4.78, 5) is 2.46. The maximum absolute atomic E-state index is 8.96. The average molecular weight is 243 g/mol. The summed E-state index contributed by atoms with van der Waals surface area (Å²) >= 11 is 0. The number of hydrogen-bond donors (Lipinski definition) is 1. The van der Waals surface area contributed by atoms with Crippen molar-refractivity contribution in [2.75, 3.05) is 26.3 Å². The lowest BCUT2D eigenvalue weighted by molar-refractivity contribution is -0.204. The van der Waals surface area contributed by atoms with Crippen LogP contribution in [0.4, 0.5) is 0 Å². The molecule has 2 aliphatic rings. The van der Waals surface area contributed by atoms with Crippen molar-refractivity contribution in [1.29, 1.82) is 0 Å². The fraction of sp³-hybridized carbons (Fsp3) is 1.00. The zero-order valence-electron chi connectivity index (χ0n) is 11.0. The van der Waals surface area contributed by atoms with Crippen molar-refractivity contribution in [3.8, 4) is 0 Å². The molecule has 3 atom stereocenters. The van der Waals surface area contributed by atoms with Gasteiger partial charge in [-0.25, -0.2) is 0 Å². The van der Waals surface area contributed by atoms with Crippen molar-refractivity contribution < 1.29 is 14.6 Å². The van der Waals surface area contributed by atoms with E-state index in [1.54, 1.807) is 0 Å². The number of likely N-dealkylation sites (tertiary alicyclic amines) is 1. The van der Waals surface area contributed by atoms with Crippen LogP contribution in [0.25, 0.3) is 0 Å². The summed E-state index contributed by atoms with van der Waals surface area (Å²) in [5, 5.41) is 8.96. The minimum Gasteiger partial charge on any atom is -0.396 e. The van der Waals surface area contributed by atoms with Crippen molar-refractivity contribution in [3.05, 3.63) is 0 Å². The molecule has 0 bridgehead atoms.